The molecule has 76 valence electrons. The highest BCUT2D eigenvalue weighted by molar-refractivity contribution is 7.16. The van der Waals surface area contributed by atoms with Crippen molar-refractivity contribution in [1.82, 2.24) is 4.57 Å². The van der Waals surface area contributed by atoms with E-state index < -0.39 is 0 Å². The fourth-order valence-corrected chi connectivity index (χ4v) is 2.57. The zero-order valence-electron chi connectivity index (χ0n) is 8.79. The predicted molar refractivity (Wildman–Crippen MR) is 64.0 cm³/mol. The lowest BCUT2D eigenvalue weighted by Gasteiger charge is -2.02. The van der Waals surface area contributed by atoms with Crippen LogP contribution in [0.25, 0.3) is 10.2 Å². The minimum Gasteiger partial charge on any atom is -0.305 e. The van der Waals surface area contributed by atoms with E-state index in [-0.39, 0.29) is 0 Å². The summed E-state index contributed by atoms with van der Waals surface area (Å²) >= 11 is 1.48. The summed E-state index contributed by atoms with van der Waals surface area (Å²) in [5, 5.41) is 7.83. The number of nitrogens with one attached hydrogen (secondary N) is 1. The van der Waals surface area contributed by atoms with Crippen LogP contribution in [0.4, 0.5) is 0 Å². The molecule has 0 spiro atoms. The van der Waals surface area contributed by atoms with Crippen molar-refractivity contribution in [2.24, 2.45) is 0 Å². The van der Waals surface area contributed by atoms with Crippen LogP contribution in [0.5, 0.6) is 0 Å². The number of benzene rings is 1. The first-order chi connectivity index (χ1) is 7.13. The lowest BCUT2D eigenvalue weighted by molar-refractivity contribution is 0.828. The van der Waals surface area contributed by atoms with Gasteiger partial charge in [0.15, 0.2) is 4.80 Å². The Morgan fingerprint density at radius 1 is 1.40 bits per heavy atom. The molecular formula is C12H12N2S. The minimum atomic E-state index is 0.474. The maximum atomic E-state index is 7.83. The number of terminal acetylenes is 1. The number of fused-ring (bicyclic) bond motifs is 1. The van der Waals surface area contributed by atoms with Gasteiger partial charge in [-0.15, -0.1) is 6.42 Å². The van der Waals surface area contributed by atoms with E-state index in [1.54, 1.807) is 0 Å². The molecule has 0 radical (unpaired) electrons. The van der Waals surface area contributed by atoms with Crippen LogP contribution in [-0.2, 0) is 6.54 Å². The van der Waals surface area contributed by atoms with Gasteiger partial charge in [-0.05, 0) is 37.1 Å². The Balaban J connectivity index is 2.83. The summed E-state index contributed by atoms with van der Waals surface area (Å²) in [5.41, 5.74) is 3.58. The quantitative estimate of drug-likeness (QED) is 0.709. The number of aryl methyl sites for hydroxylation is 2. The Morgan fingerprint density at radius 3 is 2.73 bits per heavy atom. The second-order valence-electron chi connectivity index (χ2n) is 3.60. The van der Waals surface area contributed by atoms with Gasteiger partial charge in [-0.1, -0.05) is 17.3 Å². The Labute approximate surface area is 92.7 Å². The van der Waals surface area contributed by atoms with Gasteiger partial charge in [0, 0.05) is 0 Å². The van der Waals surface area contributed by atoms with E-state index in [0.29, 0.717) is 11.3 Å². The van der Waals surface area contributed by atoms with Gasteiger partial charge in [0.25, 0.3) is 0 Å². The molecule has 1 heterocycles. The zero-order chi connectivity index (χ0) is 11.0. The highest BCUT2D eigenvalue weighted by Gasteiger charge is 2.05. The van der Waals surface area contributed by atoms with E-state index >= 15 is 0 Å². The molecular weight excluding hydrogens is 204 g/mol. The van der Waals surface area contributed by atoms with Crippen molar-refractivity contribution in [2.45, 2.75) is 20.4 Å². The van der Waals surface area contributed by atoms with Crippen molar-refractivity contribution in [2.75, 3.05) is 0 Å². The van der Waals surface area contributed by atoms with Crippen LogP contribution in [0.15, 0.2) is 12.1 Å². The topological polar surface area (TPSA) is 28.8 Å². The zero-order valence-corrected chi connectivity index (χ0v) is 9.61. The van der Waals surface area contributed by atoms with Crippen molar-refractivity contribution in [1.29, 1.82) is 5.41 Å². The third-order valence-electron chi connectivity index (χ3n) is 2.57. The van der Waals surface area contributed by atoms with Crippen molar-refractivity contribution in [3.63, 3.8) is 0 Å². The monoisotopic (exact) mass is 216 g/mol. The van der Waals surface area contributed by atoms with E-state index in [9.17, 15) is 0 Å². The molecule has 0 saturated carbocycles. The molecule has 0 unspecified atom stereocenters. The molecule has 0 fully saturated rings. The SMILES string of the molecule is C#CCn1c(=N)sc2cc(C)c(C)cc21. The van der Waals surface area contributed by atoms with Crippen molar-refractivity contribution in [3.8, 4) is 12.3 Å². The number of hydrogen-bond acceptors (Lipinski definition) is 2. The maximum Gasteiger partial charge on any atom is 0.183 e. The van der Waals surface area contributed by atoms with Gasteiger partial charge in [0.05, 0.1) is 16.8 Å². The molecule has 0 saturated heterocycles. The Bertz CT molecular complexity index is 611. The molecule has 1 aromatic heterocycles. The molecule has 1 aromatic carbocycles. The van der Waals surface area contributed by atoms with Crippen LogP contribution in [0.2, 0.25) is 0 Å². The molecule has 0 bridgehead atoms. The number of aromatic nitrogens is 1. The summed E-state index contributed by atoms with van der Waals surface area (Å²) in [6.45, 7) is 4.64. The standard InChI is InChI=1S/C12H12N2S/c1-4-5-14-10-6-8(2)9(3)7-11(10)15-12(14)13/h1,6-7,13H,5H2,2-3H3. The highest BCUT2D eigenvalue weighted by Crippen LogP contribution is 2.21. The molecule has 0 aliphatic rings. The molecule has 1 N–H and O–H groups in total. The van der Waals surface area contributed by atoms with E-state index in [2.05, 4.69) is 31.9 Å². The van der Waals surface area contributed by atoms with Gasteiger partial charge in [-0.2, -0.15) is 0 Å². The van der Waals surface area contributed by atoms with Gasteiger partial charge < -0.3 is 4.57 Å². The number of hydrogen-bond donors (Lipinski definition) is 1. The second kappa shape index (κ2) is 3.56. The lowest BCUT2D eigenvalue weighted by atomic mass is 10.1. The Morgan fingerprint density at radius 2 is 2.07 bits per heavy atom. The van der Waals surface area contributed by atoms with Crippen LogP contribution in [-0.4, -0.2) is 4.57 Å². The summed E-state index contributed by atoms with van der Waals surface area (Å²) in [5.74, 6) is 2.59. The van der Waals surface area contributed by atoms with Crippen molar-refractivity contribution in [3.05, 3.63) is 28.1 Å². The first kappa shape index (κ1) is 10.0. The van der Waals surface area contributed by atoms with Crippen LogP contribution >= 0.6 is 11.3 Å². The van der Waals surface area contributed by atoms with E-state index in [0.717, 1.165) is 10.2 Å². The van der Waals surface area contributed by atoms with E-state index in [1.165, 1.54) is 22.5 Å². The fraction of sp³-hybridized carbons (Fsp3) is 0.250. The summed E-state index contributed by atoms with van der Waals surface area (Å²) in [6.07, 6.45) is 5.30. The average Bonchev–Trinajstić information content (AvgIpc) is 2.46. The molecule has 3 heteroatoms. The third kappa shape index (κ3) is 1.57. The van der Waals surface area contributed by atoms with Gasteiger partial charge >= 0.3 is 0 Å². The molecule has 0 aliphatic heterocycles. The average molecular weight is 216 g/mol. The highest BCUT2D eigenvalue weighted by atomic mass is 32.1. The smallest absolute Gasteiger partial charge is 0.183 e. The van der Waals surface area contributed by atoms with Crippen LogP contribution in [0.3, 0.4) is 0 Å². The molecule has 2 rings (SSSR count). The first-order valence-electron chi connectivity index (χ1n) is 4.72. The Kier molecular flexibility index (Phi) is 2.37. The van der Waals surface area contributed by atoms with Crippen LogP contribution in [0.1, 0.15) is 11.1 Å². The number of rotatable bonds is 1. The third-order valence-corrected chi connectivity index (χ3v) is 3.53. The van der Waals surface area contributed by atoms with Gasteiger partial charge in [-0.3, -0.25) is 5.41 Å². The molecule has 2 nitrogen and oxygen atoms in total. The van der Waals surface area contributed by atoms with Crippen molar-refractivity contribution < 1.29 is 0 Å². The molecule has 0 amide bonds. The lowest BCUT2D eigenvalue weighted by Crippen LogP contribution is -2.11. The summed E-state index contributed by atoms with van der Waals surface area (Å²) < 4.78 is 3.00. The first-order valence-corrected chi connectivity index (χ1v) is 5.54. The van der Waals surface area contributed by atoms with E-state index in [1.807, 2.05) is 4.57 Å². The maximum absolute atomic E-state index is 7.83. The number of nitrogens with zero attached hydrogens (tertiary/aromatic N) is 1. The van der Waals surface area contributed by atoms with Gasteiger partial charge in [0.1, 0.15) is 0 Å². The van der Waals surface area contributed by atoms with E-state index in [4.69, 9.17) is 11.8 Å². The minimum absolute atomic E-state index is 0.474. The molecule has 15 heavy (non-hydrogen) atoms. The molecule has 0 aliphatic carbocycles. The van der Waals surface area contributed by atoms with Gasteiger partial charge in [-0.25, -0.2) is 0 Å². The summed E-state index contributed by atoms with van der Waals surface area (Å²) in [6, 6.07) is 4.23. The fourth-order valence-electron chi connectivity index (χ4n) is 1.58. The molecule has 2 aromatic rings. The van der Waals surface area contributed by atoms with Crippen LogP contribution < -0.4 is 4.80 Å². The normalized spacial score (nSPS) is 10.5. The largest absolute Gasteiger partial charge is 0.305 e. The Hall–Kier alpha value is -1.53. The molecule has 0 atom stereocenters. The van der Waals surface area contributed by atoms with Crippen molar-refractivity contribution >= 4 is 21.6 Å². The summed E-state index contributed by atoms with van der Waals surface area (Å²) in [4.78, 5) is 0.521. The van der Waals surface area contributed by atoms with Gasteiger partial charge in [0.2, 0.25) is 0 Å². The second-order valence-corrected chi connectivity index (χ2v) is 4.63. The van der Waals surface area contributed by atoms with Crippen LogP contribution in [0, 0.1) is 31.6 Å². The number of thiazole rings is 1. The summed E-state index contributed by atoms with van der Waals surface area (Å²) in [7, 11) is 0. The predicted octanol–water partition coefficient (Wildman–Crippen LogP) is 2.43.